The second kappa shape index (κ2) is 25.2. The molecule has 3 aliphatic rings. The number of rotatable bonds is 24. The van der Waals surface area contributed by atoms with Gasteiger partial charge in [-0.3, -0.25) is 38.3 Å². The third-order valence-electron chi connectivity index (χ3n) is 14.6. The number of halogens is 1. The highest BCUT2D eigenvalue weighted by Crippen LogP contribution is 2.59. The van der Waals surface area contributed by atoms with Crippen molar-refractivity contribution in [3.05, 3.63) is 161 Å². The first-order valence-corrected chi connectivity index (χ1v) is 30.4. The van der Waals surface area contributed by atoms with E-state index in [-0.39, 0.29) is 60.3 Å². The standard InChI is InChI=1S/C56H54FN11O15P2S/c1-32(2)49(69)65-54-64-48-42(51(71)66-54)62-31-68(48)52-43(82-84(72)73)40(57)39(80-52)26-79-85(86,78-25-11-24-58)83-45-44-53(67-30-61-41-46(59-29-60-47(41)67)63-50(70)33-12-7-5-8-13-33)81-55(45,27-76-44)28-77-56(34-14-9-6-10-15-34,35-16-20-37(74-3)21-17-35)36-18-22-38(75-4)23-19-36/h5-10,12-23,29-32,39-40,43-45,52-53H,11,25-28H2,1-4H3,(H3-,59,60,63,64,65,66,69,70,71,72,73)/p+1/t39-,40-,43-,44+,45-,52-,53+,55+,85?/m0/s1. The van der Waals surface area contributed by atoms with Crippen LogP contribution in [0.5, 0.6) is 11.5 Å². The van der Waals surface area contributed by atoms with E-state index in [0.717, 1.165) is 10.9 Å². The molecule has 3 saturated heterocycles. The fraction of sp³-hybridized carbons (Fsp3) is 0.339. The lowest BCUT2D eigenvalue weighted by Gasteiger charge is -2.40. The highest BCUT2D eigenvalue weighted by Gasteiger charge is 2.66. The molecule has 446 valence electrons. The Morgan fingerprint density at radius 3 is 2.17 bits per heavy atom. The molecule has 7 heterocycles. The summed E-state index contributed by atoms with van der Waals surface area (Å²) >= 11 is 6.19. The van der Waals surface area contributed by atoms with Crippen molar-refractivity contribution in [2.75, 3.05) is 51.3 Å². The molecule has 0 spiro atoms. The summed E-state index contributed by atoms with van der Waals surface area (Å²) in [7, 11) is -0.345. The van der Waals surface area contributed by atoms with Gasteiger partial charge in [0.2, 0.25) is 11.9 Å². The van der Waals surface area contributed by atoms with Crippen LogP contribution >= 0.6 is 15.0 Å². The quantitative estimate of drug-likeness (QED) is 0.0261. The van der Waals surface area contributed by atoms with Crippen LogP contribution in [0.25, 0.3) is 22.3 Å². The van der Waals surface area contributed by atoms with Crippen molar-refractivity contribution >= 4 is 72.7 Å². The van der Waals surface area contributed by atoms with Crippen molar-refractivity contribution in [3.63, 3.8) is 0 Å². The second-order valence-corrected chi connectivity index (χ2v) is 23.9. The molecule has 30 heteroatoms. The number of hydrogen-bond acceptors (Lipinski definition) is 21. The Kier molecular flexibility index (Phi) is 17.6. The zero-order chi connectivity index (χ0) is 60.3. The Labute approximate surface area is 495 Å². The number of ether oxygens (including phenoxy) is 6. The van der Waals surface area contributed by atoms with Crippen LogP contribution in [0.2, 0.25) is 0 Å². The molecule has 4 N–H and O–H groups in total. The molecule has 2 bridgehead atoms. The molecule has 4 aromatic carbocycles. The Balaban J connectivity index is 0.966. The van der Waals surface area contributed by atoms with Crippen LogP contribution in [0, 0.1) is 17.2 Å². The summed E-state index contributed by atoms with van der Waals surface area (Å²) in [5, 5.41) is 15.1. The van der Waals surface area contributed by atoms with Gasteiger partial charge in [-0.2, -0.15) is 10.2 Å². The van der Waals surface area contributed by atoms with E-state index >= 15 is 4.39 Å². The molecule has 2 unspecified atom stereocenters. The lowest BCUT2D eigenvalue weighted by Crippen LogP contribution is -2.49. The Morgan fingerprint density at radius 1 is 0.895 bits per heavy atom. The van der Waals surface area contributed by atoms with Crippen LogP contribution in [0.1, 0.15) is 59.8 Å². The Morgan fingerprint density at radius 2 is 1.53 bits per heavy atom. The van der Waals surface area contributed by atoms with Gasteiger partial charge in [-0.15, -0.1) is 9.42 Å². The number of nitriles is 1. The molecule has 8 aromatic rings. The monoisotopic (exact) mass is 1230 g/mol. The lowest BCUT2D eigenvalue weighted by molar-refractivity contribution is -0.202. The number of hydrogen-bond donors (Lipinski definition) is 4. The molecular formula is C56H55FN11O15P2S+. The molecular weight excluding hydrogens is 1180 g/mol. The molecule has 3 aliphatic heterocycles. The van der Waals surface area contributed by atoms with Crippen LogP contribution in [0.15, 0.2) is 133 Å². The van der Waals surface area contributed by atoms with Crippen molar-refractivity contribution in [1.82, 2.24) is 39.0 Å². The predicted molar refractivity (Wildman–Crippen MR) is 307 cm³/mol. The van der Waals surface area contributed by atoms with Gasteiger partial charge in [0.15, 0.2) is 52.9 Å². The molecule has 86 heavy (non-hydrogen) atoms. The van der Waals surface area contributed by atoms with Gasteiger partial charge in [0.1, 0.15) is 47.3 Å². The topological polar surface area (TPSA) is 319 Å². The summed E-state index contributed by atoms with van der Waals surface area (Å²) in [5.74, 6) is -0.404. The van der Waals surface area contributed by atoms with E-state index in [1.807, 2.05) is 84.9 Å². The third kappa shape index (κ3) is 11.8. The first kappa shape index (κ1) is 59.8. The van der Waals surface area contributed by atoms with E-state index in [9.17, 15) is 29.1 Å². The van der Waals surface area contributed by atoms with Crippen molar-refractivity contribution in [2.45, 2.75) is 74.5 Å². The van der Waals surface area contributed by atoms with E-state index in [4.69, 9.17) is 58.3 Å². The number of alkyl halides is 1. The number of benzene rings is 4. The minimum Gasteiger partial charge on any atom is -0.497 e. The maximum absolute atomic E-state index is 17.0. The van der Waals surface area contributed by atoms with Gasteiger partial charge in [0.05, 0.1) is 65.8 Å². The van der Waals surface area contributed by atoms with Crippen LogP contribution in [0.3, 0.4) is 0 Å². The maximum Gasteiger partial charge on any atom is 0.695 e. The molecule has 26 nitrogen and oxygen atoms in total. The molecule has 0 aliphatic carbocycles. The van der Waals surface area contributed by atoms with Crippen molar-refractivity contribution in [1.29, 1.82) is 5.26 Å². The molecule has 0 radical (unpaired) electrons. The predicted octanol–water partition coefficient (Wildman–Crippen LogP) is 7.33. The number of H-pyrrole nitrogens is 1. The molecule has 2 amide bonds. The molecule has 4 aromatic heterocycles. The first-order chi connectivity index (χ1) is 41.6. The molecule has 3 fully saturated rings. The zero-order valence-electron chi connectivity index (χ0n) is 46.2. The smallest absolute Gasteiger partial charge is 0.497 e. The number of fused-ring (bicyclic) bond motifs is 4. The van der Waals surface area contributed by atoms with Gasteiger partial charge in [-0.1, -0.05) is 86.6 Å². The van der Waals surface area contributed by atoms with Gasteiger partial charge in [-0.25, -0.2) is 24.3 Å². The minimum absolute atomic E-state index is 0.103. The Bertz CT molecular complexity index is 3890. The minimum atomic E-state index is -4.29. The van der Waals surface area contributed by atoms with E-state index in [2.05, 4.69) is 40.5 Å². The Hall–Kier alpha value is -7.87. The summed E-state index contributed by atoms with van der Waals surface area (Å²) in [6.45, 7) is -2.61. The summed E-state index contributed by atoms with van der Waals surface area (Å²) in [4.78, 5) is 73.7. The van der Waals surface area contributed by atoms with E-state index in [1.165, 1.54) is 12.7 Å². The normalized spacial score (nSPS) is 22.6. The van der Waals surface area contributed by atoms with Crippen molar-refractivity contribution < 1.29 is 70.0 Å². The number of carbonyl (C=O) groups is 2. The second-order valence-electron chi connectivity index (χ2n) is 20.2. The number of aromatic nitrogens is 8. The number of imidazole rings is 2. The van der Waals surface area contributed by atoms with Gasteiger partial charge >= 0.3 is 15.0 Å². The third-order valence-corrected chi connectivity index (χ3v) is 17.4. The van der Waals surface area contributed by atoms with Crippen LogP contribution < -0.4 is 25.7 Å². The van der Waals surface area contributed by atoms with Gasteiger partial charge in [0, 0.05) is 16.0 Å². The fourth-order valence-electron chi connectivity index (χ4n) is 10.4. The number of nitrogens with one attached hydrogen (secondary N) is 3. The van der Waals surface area contributed by atoms with E-state index in [0.29, 0.717) is 33.8 Å². The SMILES string of the molecule is COc1ccc(C(OC[C@@]23CO[C@@H]([C@H](n4cnc5c(NC(=O)c6ccccc6)ncnc54)O2)[C@@H]3OP(=S)(OCCC#N)OC[C@@H]2O[C@H](n3cnc4c(=O)[nH]c(NC(=O)C(C)C)nc43)[C@@H](O[P+](=O)O)[C@H]2F)(c2ccccc2)c2ccc(OC)cc2)cc1. The molecule has 0 saturated carbocycles. The number of nitrogens with zero attached hydrogens (tertiary/aromatic N) is 8. The highest BCUT2D eigenvalue weighted by molar-refractivity contribution is 8.07. The molecule has 10 atom stereocenters. The van der Waals surface area contributed by atoms with Gasteiger partial charge < -0.3 is 42.8 Å². The van der Waals surface area contributed by atoms with Crippen molar-refractivity contribution in [2.24, 2.45) is 5.92 Å². The maximum atomic E-state index is 17.0. The number of aromatic amines is 1. The summed E-state index contributed by atoms with van der Waals surface area (Å²) in [5.41, 5.74) is -1.39. The van der Waals surface area contributed by atoms with E-state index < -0.39 is 99.1 Å². The van der Waals surface area contributed by atoms with Gasteiger partial charge in [-0.05, 0) is 64.9 Å². The van der Waals surface area contributed by atoms with Crippen molar-refractivity contribution in [3.8, 4) is 17.6 Å². The van der Waals surface area contributed by atoms with Gasteiger partial charge in [0.25, 0.3) is 11.5 Å². The number of anilines is 2. The summed E-state index contributed by atoms with van der Waals surface area (Å²) in [6, 6.07) is 34.8. The summed E-state index contributed by atoms with van der Waals surface area (Å²) in [6.07, 6.45) is -7.27. The lowest BCUT2D eigenvalue weighted by atomic mass is 9.79. The highest BCUT2D eigenvalue weighted by atomic mass is 32.5. The van der Waals surface area contributed by atoms with Crippen LogP contribution in [-0.2, 0) is 63.8 Å². The number of carbonyl (C=O) groups excluding carboxylic acids is 2. The number of amides is 2. The zero-order valence-corrected chi connectivity index (χ0v) is 48.8. The largest absolute Gasteiger partial charge is 0.695 e. The number of methoxy groups -OCH3 is 2. The van der Waals surface area contributed by atoms with Crippen LogP contribution in [0.4, 0.5) is 16.2 Å². The summed E-state index contributed by atoms with van der Waals surface area (Å²) < 4.78 is 95.5. The fourth-order valence-corrected chi connectivity index (χ4v) is 12.9. The van der Waals surface area contributed by atoms with E-state index in [1.54, 1.807) is 63.0 Å². The average Bonchev–Trinajstić information content (AvgIpc) is 1.56. The molecule has 11 rings (SSSR count). The average molecular weight is 1240 g/mol. The first-order valence-electron chi connectivity index (χ1n) is 26.7. The van der Waals surface area contributed by atoms with Crippen LogP contribution in [-0.4, -0.2) is 133 Å².